The number of nitro groups is 1. The standard InChI is InChI=1S/C11H11F2N3O2S.C2H6/c1-5-2-9(15-11(14)19-5)7-3-6(16(17)18)4-8(12)10(7)13;1-2/h3-5,9H,2H2,1H3,(H2,14,15);1-2H3. The van der Waals surface area contributed by atoms with Gasteiger partial charge in [0.05, 0.1) is 17.0 Å². The van der Waals surface area contributed by atoms with Gasteiger partial charge in [-0.25, -0.2) is 8.78 Å². The van der Waals surface area contributed by atoms with Crippen LogP contribution in [0, 0.1) is 21.7 Å². The molecule has 2 rings (SSSR count). The average Bonchev–Trinajstić information content (AvgIpc) is 2.42. The molecule has 0 bridgehead atoms. The summed E-state index contributed by atoms with van der Waals surface area (Å²) >= 11 is 1.34. The summed E-state index contributed by atoms with van der Waals surface area (Å²) < 4.78 is 27.2. The van der Waals surface area contributed by atoms with E-state index < -0.39 is 28.3 Å². The van der Waals surface area contributed by atoms with Gasteiger partial charge < -0.3 is 5.73 Å². The van der Waals surface area contributed by atoms with E-state index >= 15 is 0 Å². The predicted molar refractivity (Wildman–Crippen MR) is 80.4 cm³/mol. The molecule has 1 heterocycles. The second-order valence-corrected chi connectivity index (χ2v) is 5.69. The molecule has 0 aliphatic carbocycles. The first kappa shape index (κ1) is 17.4. The van der Waals surface area contributed by atoms with Crippen molar-refractivity contribution in [1.82, 2.24) is 0 Å². The summed E-state index contributed by atoms with van der Waals surface area (Å²) in [4.78, 5) is 13.9. The minimum Gasteiger partial charge on any atom is -0.379 e. The molecule has 2 unspecified atom stereocenters. The molecule has 1 aromatic carbocycles. The van der Waals surface area contributed by atoms with Crippen molar-refractivity contribution in [2.45, 2.75) is 38.5 Å². The molecule has 0 amide bonds. The molecule has 8 heteroatoms. The van der Waals surface area contributed by atoms with E-state index in [1.165, 1.54) is 11.8 Å². The Morgan fingerprint density at radius 3 is 2.57 bits per heavy atom. The van der Waals surface area contributed by atoms with Crippen LogP contribution < -0.4 is 5.73 Å². The van der Waals surface area contributed by atoms with Crippen molar-refractivity contribution in [2.75, 3.05) is 0 Å². The second kappa shape index (κ2) is 7.35. The molecule has 0 aromatic heterocycles. The number of halogens is 2. The lowest BCUT2D eigenvalue weighted by molar-refractivity contribution is -0.385. The zero-order chi connectivity index (χ0) is 16.2. The lowest BCUT2D eigenvalue weighted by atomic mass is 10.0. The Morgan fingerprint density at radius 2 is 2.05 bits per heavy atom. The summed E-state index contributed by atoms with van der Waals surface area (Å²) in [5.41, 5.74) is 4.99. The lowest BCUT2D eigenvalue weighted by Crippen LogP contribution is -2.21. The molecule has 21 heavy (non-hydrogen) atoms. The number of amidine groups is 1. The Hall–Kier alpha value is -1.70. The Balaban J connectivity index is 0.00000106. The van der Waals surface area contributed by atoms with Gasteiger partial charge in [-0.3, -0.25) is 15.1 Å². The highest BCUT2D eigenvalue weighted by Crippen LogP contribution is 2.36. The van der Waals surface area contributed by atoms with Gasteiger partial charge in [-0.2, -0.15) is 0 Å². The Labute approximate surface area is 125 Å². The molecule has 2 atom stereocenters. The van der Waals surface area contributed by atoms with Gasteiger partial charge in [-0.1, -0.05) is 32.5 Å². The van der Waals surface area contributed by atoms with Crippen LogP contribution in [0.1, 0.15) is 38.8 Å². The molecule has 1 aromatic rings. The molecule has 0 fully saturated rings. The maximum absolute atomic E-state index is 13.8. The van der Waals surface area contributed by atoms with Gasteiger partial charge in [0.15, 0.2) is 16.8 Å². The molecule has 0 saturated carbocycles. The van der Waals surface area contributed by atoms with Gasteiger partial charge in [0.2, 0.25) is 0 Å². The van der Waals surface area contributed by atoms with Gasteiger partial charge in [-0.05, 0) is 6.42 Å². The SMILES string of the molecule is CC.CC1CC(c2cc([N+](=O)[O-])cc(F)c2F)N=C(N)S1. The van der Waals surface area contributed by atoms with Crippen molar-refractivity contribution >= 4 is 22.6 Å². The van der Waals surface area contributed by atoms with Crippen LogP contribution in [-0.4, -0.2) is 15.3 Å². The Bertz CT molecular complexity index is 567. The smallest absolute Gasteiger partial charge is 0.272 e. The summed E-state index contributed by atoms with van der Waals surface area (Å²) in [6.45, 7) is 5.88. The Morgan fingerprint density at radius 1 is 1.43 bits per heavy atom. The number of hydrogen-bond donors (Lipinski definition) is 1. The highest BCUT2D eigenvalue weighted by Gasteiger charge is 2.27. The lowest BCUT2D eigenvalue weighted by Gasteiger charge is -2.23. The zero-order valence-corrected chi connectivity index (χ0v) is 12.8. The van der Waals surface area contributed by atoms with Gasteiger partial charge >= 0.3 is 0 Å². The fourth-order valence-electron chi connectivity index (χ4n) is 1.95. The normalized spacial score (nSPS) is 21.1. The molecule has 0 saturated heterocycles. The molecular formula is C13H17F2N3O2S. The van der Waals surface area contributed by atoms with Gasteiger partial charge in [-0.15, -0.1) is 0 Å². The fraction of sp³-hybridized carbons (Fsp3) is 0.462. The first-order valence-corrected chi connectivity index (χ1v) is 7.39. The number of nitrogens with zero attached hydrogens (tertiary/aromatic N) is 2. The molecular weight excluding hydrogens is 300 g/mol. The number of non-ortho nitro benzene ring substituents is 1. The topological polar surface area (TPSA) is 81.5 Å². The number of rotatable bonds is 2. The predicted octanol–water partition coefficient (Wildman–Crippen LogP) is 3.78. The quantitative estimate of drug-likeness (QED) is 0.665. The van der Waals surface area contributed by atoms with Crippen molar-refractivity contribution < 1.29 is 13.7 Å². The van der Waals surface area contributed by atoms with Crippen molar-refractivity contribution in [3.05, 3.63) is 39.4 Å². The van der Waals surface area contributed by atoms with Gasteiger partial charge in [0.1, 0.15) is 0 Å². The molecule has 0 spiro atoms. The number of aliphatic imine (C=N–C) groups is 1. The number of hydrogen-bond acceptors (Lipinski definition) is 5. The third-order valence-corrected chi connectivity index (χ3v) is 3.71. The number of benzene rings is 1. The van der Waals surface area contributed by atoms with Gasteiger partial charge in [0, 0.05) is 16.9 Å². The molecule has 1 aliphatic heterocycles. The van der Waals surface area contributed by atoms with E-state index in [0.717, 1.165) is 6.07 Å². The molecule has 116 valence electrons. The van der Waals surface area contributed by atoms with E-state index in [0.29, 0.717) is 12.5 Å². The zero-order valence-electron chi connectivity index (χ0n) is 12.0. The van der Waals surface area contributed by atoms with Gasteiger partial charge in [0.25, 0.3) is 5.69 Å². The summed E-state index contributed by atoms with van der Waals surface area (Å²) in [5.74, 6) is -2.35. The summed E-state index contributed by atoms with van der Waals surface area (Å²) in [5, 5.41) is 11.0. The van der Waals surface area contributed by atoms with Crippen LogP contribution >= 0.6 is 11.8 Å². The van der Waals surface area contributed by atoms with Crippen LogP contribution in [0.2, 0.25) is 0 Å². The number of nitro benzene ring substituents is 1. The molecule has 0 radical (unpaired) electrons. The van der Waals surface area contributed by atoms with E-state index in [2.05, 4.69) is 4.99 Å². The first-order valence-electron chi connectivity index (χ1n) is 6.51. The minimum atomic E-state index is -1.25. The highest BCUT2D eigenvalue weighted by molar-refractivity contribution is 8.14. The maximum Gasteiger partial charge on any atom is 0.272 e. The largest absolute Gasteiger partial charge is 0.379 e. The number of thioether (sulfide) groups is 1. The van der Waals surface area contributed by atoms with Crippen LogP contribution in [-0.2, 0) is 0 Å². The molecule has 5 nitrogen and oxygen atoms in total. The maximum atomic E-state index is 13.8. The van der Waals surface area contributed by atoms with E-state index in [4.69, 9.17) is 5.73 Å². The van der Waals surface area contributed by atoms with Crippen molar-refractivity contribution in [3.63, 3.8) is 0 Å². The van der Waals surface area contributed by atoms with Crippen molar-refractivity contribution in [1.29, 1.82) is 0 Å². The monoisotopic (exact) mass is 317 g/mol. The van der Waals surface area contributed by atoms with Crippen molar-refractivity contribution in [2.24, 2.45) is 10.7 Å². The van der Waals surface area contributed by atoms with Crippen LogP contribution in [0.5, 0.6) is 0 Å². The van der Waals surface area contributed by atoms with Crippen LogP contribution in [0.15, 0.2) is 17.1 Å². The van der Waals surface area contributed by atoms with E-state index in [1.54, 1.807) is 0 Å². The summed E-state index contributed by atoms with van der Waals surface area (Å²) in [6.07, 6.45) is 0.447. The van der Waals surface area contributed by atoms with Crippen LogP contribution in [0.25, 0.3) is 0 Å². The Kier molecular flexibility index (Phi) is 6.07. The summed E-state index contributed by atoms with van der Waals surface area (Å²) in [7, 11) is 0. The highest BCUT2D eigenvalue weighted by atomic mass is 32.2. The van der Waals surface area contributed by atoms with E-state index in [1.807, 2.05) is 20.8 Å². The van der Waals surface area contributed by atoms with Crippen LogP contribution in [0.3, 0.4) is 0 Å². The van der Waals surface area contributed by atoms with Crippen LogP contribution in [0.4, 0.5) is 14.5 Å². The number of nitrogens with two attached hydrogens (primary N) is 1. The first-order chi connectivity index (χ1) is 9.88. The molecule has 1 aliphatic rings. The molecule has 2 N–H and O–H groups in total. The van der Waals surface area contributed by atoms with E-state index in [9.17, 15) is 18.9 Å². The third kappa shape index (κ3) is 4.13. The fourth-order valence-corrected chi connectivity index (χ4v) is 2.82. The van der Waals surface area contributed by atoms with E-state index in [-0.39, 0.29) is 16.0 Å². The summed E-state index contributed by atoms with van der Waals surface area (Å²) in [6, 6.07) is 0.890. The second-order valence-electron chi connectivity index (χ2n) is 4.24. The third-order valence-electron chi connectivity index (χ3n) is 2.77. The van der Waals surface area contributed by atoms with Crippen molar-refractivity contribution in [3.8, 4) is 0 Å². The average molecular weight is 317 g/mol. The minimum absolute atomic E-state index is 0.0872.